The summed E-state index contributed by atoms with van der Waals surface area (Å²) in [5, 5.41) is 12.6. The zero-order chi connectivity index (χ0) is 9.80. The van der Waals surface area contributed by atoms with E-state index in [0.29, 0.717) is 11.8 Å². The first-order chi connectivity index (χ1) is 6.84. The van der Waals surface area contributed by atoms with Crippen molar-refractivity contribution in [3.8, 4) is 0 Å². The van der Waals surface area contributed by atoms with Crippen LogP contribution in [0, 0.1) is 0 Å². The van der Waals surface area contributed by atoms with Crippen molar-refractivity contribution in [3.63, 3.8) is 0 Å². The van der Waals surface area contributed by atoms with Crippen LogP contribution in [0.25, 0.3) is 0 Å². The highest BCUT2D eigenvalue weighted by molar-refractivity contribution is 8.14. The number of aromatic nitrogens is 2. The summed E-state index contributed by atoms with van der Waals surface area (Å²) in [5.74, 6) is 0. The normalized spacial score (nSPS) is 20.6. The van der Waals surface area contributed by atoms with E-state index in [1.165, 1.54) is 0 Å². The van der Waals surface area contributed by atoms with Crippen LogP contribution in [0.15, 0.2) is 23.3 Å². The zero-order valence-corrected chi connectivity index (χ0v) is 8.79. The maximum absolute atomic E-state index is 4.35. The molecule has 0 radical (unpaired) electrons. The number of thioether (sulfide) groups is 1. The van der Waals surface area contributed by atoms with E-state index in [9.17, 15) is 0 Å². The van der Waals surface area contributed by atoms with Gasteiger partial charge in [0, 0.05) is 11.4 Å². The van der Waals surface area contributed by atoms with Gasteiger partial charge in [0.2, 0.25) is 0 Å². The van der Waals surface area contributed by atoms with Crippen LogP contribution in [0.1, 0.15) is 12.6 Å². The van der Waals surface area contributed by atoms with E-state index in [2.05, 4.69) is 27.4 Å². The van der Waals surface area contributed by atoms with Crippen LogP contribution in [0.2, 0.25) is 0 Å². The Labute approximate surface area is 87.2 Å². The summed E-state index contributed by atoms with van der Waals surface area (Å²) in [5.41, 5.74) is 0.940. The van der Waals surface area contributed by atoms with Gasteiger partial charge in [0.25, 0.3) is 0 Å². The van der Waals surface area contributed by atoms with Gasteiger partial charge in [-0.25, -0.2) is 0 Å². The summed E-state index contributed by atoms with van der Waals surface area (Å²) >= 11 is 1.78. The van der Waals surface area contributed by atoms with Gasteiger partial charge in [0.1, 0.15) is 0 Å². The van der Waals surface area contributed by atoms with E-state index in [4.69, 9.17) is 0 Å². The van der Waals surface area contributed by atoms with Crippen molar-refractivity contribution in [2.24, 2.45) is 4.99 Å². The van der Waals surface area contributed by atoms with Crippen molar-refractivity contribution in [3.05, 3.63) is 24.0 Å². The van der Waals surface area contributed by atoms with Crippen molar-refractivity contribution in [2.45, 2.75) is 18.7 Å². The lowest BCUT2D eigenvalue weighted by Gasteiger charge is -2.04. The number of nitrogens with one attached hydrogen (secondary N) is 1. The lowest BCUT2D eigenvalue weighted by Crippen LogP contribution is -2.19. The van der Waals surface area contributed by atoms with Gasteiger partial charge in [-0.2, -0.15) is 10.2 Å². The predicted octanol–water partition coefficient (Wildman–Crippen LogP) is 1.06. The first-order valence-corrected chi connectivity index (χ1v) is 5.44. The quantitative estimate of drug-likeness (QED) is 0.789. The van der Waals surface area contributed by atoms with Crippen LogP contribution in [0.3, 0.4) is 0 Å². The fourth-order valence-electron chi connectivity index (χ4n) is 1.17. The summed E-state index contributed by atoms with van der Waals surface area (Å²) in [6.07, 6.45) is 1.67. The molecule has 1 aromatic heterocycles. The van der Waals surface area contributed by atoms with E-state index < -0.39 is 0 Å². The van der Waals surface area contributed by atoms with E-state index in [1.807, 2.05) is 12.1 Å². The van der Waals surface area contributed by atoms with Gasteiger partial charge in [-0.05, 0) is 12.1 Å². The fourth-order valence-corrected chi connectivity index (χ4v) is 2.00. The average Bonchev–Trinajstić information content (AvgIpc) is 2.63. The number of hydrogen-bond donors (Lipinski definition) is 1. The van der Waals surface area contributed by atoms with Crippen LogP contribution >= 0.6 is 11.8 Å². The highest BCUT2D eigenvalue weighted by Crippen LogP contribution is 2.18. The molecule has 5 heteroatoms. The van der Waals surface area contributed by atoms with Gasteiger partial charge in [-0.1, -0.05) is 18.7 Å². The van der Waals surface area contributed by atoms with Gasteiger partial charge in [0.15, 0.2) is 5.17 Å². The molecule has 1 aliphatic heterocycles. The average molecular weight is 208 g/mol. The molecule has 1 N–H and O–H groups in total. The number of hydrogen-bond acceptors (Lipinski definition) is 5. The molecule has 1 aliphatic rings. The smallest absolute Gasteiger partial charge is 0.157 e. The Morgan fingerprint density at radius 2 is 2.57 bits per heavy atom. The third-order valence-corrected chi connectivity index (χ3v) is 2.90. The highest BCUT2D eigenvalue weighted by atomic mass is 32.2. The van der Waals surface area contributed by atoms with Crippen LogP contribution in [0.5, 0.6) is 0 Å². The molecule has 2 rings (SSSR count). The lowest BCUT2D eigenvalue weighted by molar-refractivity contribution is 0.834. The van der Waals surface area contributed by atoms with Crippen molar-refractivity contribution in [1.82, 2.24) is 15.5 Å². The molecule has 4 nitrogen and oxygen atoms in total. The Hall–Kier alpha value is -1.10. The molecule has 0 aromatic carbocycles. The molecule has 0 spiro atoms. The standard InChI is InChI=1S/C9H12N4S/c1-7-5-10-9(14-7)11-6-8-3-2-4-12-13-8/h2-4,7H,5-6H2,1H3,(H,10,11). The van der Waals surface area contributed by atoms with Gasteiger partial charge < -0.3 is 5.32 Å². The van der Waals surface area contributed by atoms with Crippen molar-refractivity contribution in [2.75, 3.05) is 6.54 Å². The number of amidine groups is 1. The summed E-state index contributed by atoms with van der Waals surface area (Å²) in [6.45, 7) is 3.78. The van der Waals surface area contributed by atoms with Crippen LogP contribution < -0.4 is 5.32 Å². The zero-order valence-electron chi connectivity index (χ0n) is 7.97. The predicted molar refractivity (Wildman–Crippen MR) is 58.2 cm³/mol. The molecule has 0 fully saturated rings. The molecule has 1 atom stereocenters. The molecule has 14 heavy (non-hydrogen) atoms. The summed E-state index contributed by atoms with van der Waals surface area (Å²) < 4.78 is 0. The molecule has 0 bridgehead atoms. The van der Waals surface area contributed by atoms with Crippen LogP contribution in [0.4, 0.5) is 0 Å². The van der Waals surface area contributed by atoms with Gasteiger partial charge >= 0.3 is 0 Å². The van der Waals surface area contributed by atoms with Crippen molar-refractivity contribution < 1.29 is 0 Å². The van der Waals surface area contributed by atoms with Crippen molar-refractivity contribution >= 4 is 16.9 Å². The summed E-state index contributed by atoms with van der Waals surface area (Å²) in [6, 6.07) is 3.83. The van der Waals surface area contributed by atoms with Gasteiger partial charge in [0.05, 0.1) is 18.8 Å². The first-order valence-electron chi connectivity index (χ1n) is 4.56. The molecular formula is C9H12N4S. The molecule has 1 unspecified atom stereocenters. The monoisotopic (exact) mass is 208 g/mol. The van der Waals surface area contributed by atoms with Gasteiger partial charge in [-0.3, -0.25) is 4.99 Å². The Balaban J connectivity index is 1.84. The van der Waals surface area contributed by atoms with Crippen molar-refractivity contribution in [1.29, 1.82) is 0 Å². The third kappa shape index (κ3) is 2.45. The molecule has 1 aromatic rings. The summed E-state index contributed by atoms with van der Waals surface area (Å²) in [4.78, 5) is 4.35. The SMILES string of the molecule is CC1CN=C(NCc2cccnn2)S1. The topological polar surface area (TPSA) is 50.2 Å². The maximum atomic E-state index is 4.35. The van der Waals surface area contributed by atoms with E-state index in [-0.39, 0.29) is 0 Å². The first kappa shape index (κ1) is 9.45. The molecule has 0 saturated heterocycles. The van der Waals surface area contributed by atoms with E-state index in [1.54, 1.807) is 18.0 Å². The maximum Gasteiger partial charge on any atom is 0.157 e. The highest BCUT2D eigenvalue weighted by Gasteiger charge is 2.14. The summed E-state index contributed by atoms with van der Waals surface area (Å²) in [7, 11) is 0. The second kappa shape index (κ2) is 4.41. The molecule has 2 heterocycles. The molecule has 0 aliphatic carbocycles. The number of nitrogens with zero attached hydrogens (tertiary/aromatic N) is 3. The minimum absolute atomic E-state index is 0.597. The van der Waals surface area contributed by atoms with Crippen LogP contribution in [-0.4, -0.2) is 27.2 Å². The third-order valence-electron chi connectivity index (χ3n) is 1.85. The van der Waals surface area contributed by atoms with Crippen LogP contribution in [-0.2, 0) is 6.54 Å². The Morgan fingerprint density at radius 3 is 3.21 bits per heavy atom. The van der Waals surface area contributed by atoms with Gasteiger partial charge in [-0.15, -0.1) is 0 Å². The largest absolute Gasteiger partial charge is 0.359 e. The fraction of sp³-hybridized carbons (Fsp3) is 0.444. The Morgan fingerprint density at radius 1 is 1.64 bits per heavy atom. The molecule has 74 valence electrons. The minimum Gasteiger partial charge on any atom is -0.359 e. The minimum atomic E-state index is 0.597. The Bertz CT molecular complexity index is 325. The lowest BCUT2D eigenvalue weighted by atomic mass is 10.4. The number of rotatable bonds is 2. The molecule has 0 amide bonds. The van der Waals surface area contributed by atoms with E-state index in [0.717, 1.165) is 17.4 Å². The Kier molecular flexibility index (Phi) is 2.98. The second-order valence-corrected chi connectivity index (χ2v) is 4.57. The molecular weight excluding hydrogens is 196 g/mol. The molecule has 0 saturated carbocycles. The number of aliphatic imine (C=N–C) groups is 1. The second-order valence-electron chi connectivity index (χ2n) is 3.14. The van der Waals surface area contributed by atoms with E-state index >= 15 is 0 Å².